The van der Waals surface area contributed by atoms with Gasteiger partial charge >= 0.3 is 11.9 Å². The summed E-state index contributed by atoms with van der Waals surface area (Å²) in [6.45, 7) is 3.15. The first-order valence-corrected chi connectivity index (χ1v) is 9.49. The number of amides is 1. The summed E-state index contributed by atoms with van der Waals surface area (Å²) in [5.41, 5.74) is 7.15. The number of nitrogens with two attached hydrogens (primary N) is 1. The molecule has 0 radical (unpaired) electrons. The second-order valence-electron chi connectivity index (χ2n) is 7.07. The van der Waals surface area contributed by atoms with Crippen molar-refractivity contribution in [2.24, 2.45) is 5.73 Å². The molecule has 10 heteroatoms. The van der Waals surface area contributed by atoms with Crippen molar-refractivity contribution in [1.29, 1.82) is 0 Å². The molecule has 30 heavy (non-hydrogen) atoms. The van der Waals surface area contributed by atoms with E-state index >= 15 is 0 Å². The summed E-state index contributed by atoms with van der Waals surface area (Å²) in [4.78, 5) is 42.7. The van der Waals surface area contributed by atoms with Gasteiger partial charge in [-0.05, 0) is 25.2 Å². The maximum Gasteiger partial charge on any atom is 0.355 e. The van der Waals surface area contributed by atoms with E-state index in [0.29, 0.717) is 5.69 Å². The van der Waals surface area contributed by atoms with Crippen molar-refractivity contribution in [3.63, 3.8) is 0 Å². The van der Waals surface area contributed by atoms with Crippen LogP contribution in [0.3, 0.4) is 0 Å². The second-order valence-corrected chi connectivity index (χ2v) is 7.07. The highest BCUT2D eigenvalue weighted by atomic mass is 16.5. The van der Waals surface area contributed by atoms with Crippen molar-refractivity contribution in [2.75, 3.05) is 70.6 Å². The zero-order chi connectivity index (χ0) is 21.8. The minimum atomic E-state index is -0.701. The van der Waals surface area contributed by atoms with E-state index in [2.05, 4.69) is 9.80 Å². The van der Waals surface area contributed by atoms with E-state index in [9.17, 15) is 14.4 Å². The fraction of sp³-hybridized carbons (Fsp3) is 0.450. The highest BCUT2D eigenvalue weighted by Crippen LogP contribution is 2.36. The lowest BCUT2D eigenvalue weighted by Crippen LogP contribution is -2.45. The summed E-state index contributed by atoms with van der Waals surface area (Å²) in [5.74, 6) is -1.99. The molecular formula is C20H26N4O6. The molecule has 2 heterocycles. The van der Waals surface area contributed by atoms with Gasteiger partial charge in [-0.1, -0.05) is 0 Å². The predicted octanol–water partition coefficient (Wildman–Crippen LogP) is -0.0685. The van der Waals surface area contributed by atoms with Gasteiger partial charge in [0.05, 0.1) is 37.8 Å². The normalized spacial score (nSPS) is 17.7. The minimum absolute atomic E-state index is 0.00607. The van der Waals surface area contributed by atoms with Gasteiger partial charge in [-0.2, -0.15) is 0 Å². The number of benzene rings is 1. The molecule has 0 unspecified atom stereocenters. The predicted molar refractivity (Wildman–Crippen MR) is 109 cm³/mol. The van der Waals surface area contributed by atoms with Gasteiger partial charge in [-0.25, -0.2) is 9.59 Å². The first-order chi connectivity index (χ1) is 14.4. The number of esters is 2. The van der Waals surface area contributed by atoms with E-state index in [4.69, 9.17) is 19.9 Å². The lowest BCUT2D eigenvalue weighted by molar-refractivity contribution is -0.140. The summed E-state index contributed by atoms with van der Waals surface area (Å²) < 4.78 is 15.3. The molecule has 1 saturated heterocycles. The van der Waals surface area contributed by atoms with Gasteiger partial charge in [-0.3, -0.25) is 4.79 Å². The number of ether oxygens (including phenoxy) is 3. The van der Waals surface area contributed by atoms with Crippen molar-refractivity contribution >= 4 is 29.2 Å². The van der Waals surface area contributed by atoms with Crippen LogP contribution in [0.25, 0.3) is 0 Å². The van der Waals surface area contributed by atoms with E-state index in [1.54, 1.807) is 18.2 Å². The SMILES string of the molecule is COC(=O)C1=C(C(=O)OC)N(c2cc(C(N)=O)ccc2N2CCN(C)CC2)COC1. The molecule has 0 aliphatic carbocycles. The molecule has 2 aliphatic heterocycles. The molecule has 2 N–H and O–H groups in total. The van der Waals surface area contributed by atoms with Crippen LogP contribution >= 0.6 is 0 Å². The lowest BCUT2D eigenvalue weighted by atomic mass is 10.1. The smallest absolute Gasteiger partial charge is 0.355 e. The molecule has 3 rings (SSSR count). The second kappa shape index (κ2) is 9.14. The number of anilines is 2. The van der Waals surface area contributed by atoms with E-state index < -0.39 is 17.8 Å². The molecule has 1 fully saturated rings. The van der Waals surface area contributed by atoms with Crippen LogP contribution in [0.5, 0.6) is 0 Å². The third kappa shape index (κ3) is 4.24. The molecule has 0 aromatic heterocycles. The highest BCUT2D eigenvalue weighted by Gasteiger charge is 2.34. The Morgan fingerprint density at radius 3 is 2.27 bits per heavy atom. The topological polar surface area (TPSA) is 115 Å². The average Bonchev–Trinajstić information content (AvgIpc) is 2.77. The molecule has 1 aromatic carbocycles. The van der Waals surface area contributed by atoms with Crippen LogP contribution in [0.4, 0.5) is 11.4 Å². The lowest BCUT2D eigenvalue weighted by Gasteiger charge is -2.38. The summed E-state index contributed by atoms with van der Waals surface area (Å²) in [6.07, 6.45) is 0. The van der Waals surface area contributed by atoms with E-state index in [1.807, 2.05) is 7.05 Å². The Morgan fingerprint density at radius 2 is 1.67 bits per heavy atom. The number of methoxy groups -OCH3 is 2. The number of carbonyl (C=O) groups is 3. The maximum atomic E-state index is 12.6. The van der Waals surface area contributed by atoms with E-state index in [0.717, 1.165) is 31.9 Å². The Labute approximate surface area is 174 Å². The van der Waals surface area contributed by atoms with Crippen LogP contribution < -0.4 is 15.5 Å². The van der Waals surface area contributed by atoms with Crippen LogP contribution in [-0.2, 0) is 23.8 Å². The van der Waals surface area contributed by atoms with E-state index in [1.165, 1.54) is 19.1 Å². The zero-order valence-electron chi connectivity index (χ0n) is 17.3. The Morgan fingerprint density at radius 1 is 1.00 bits per heavy atom. The molecule has 0 atom stereocenters. The van der Waals surface area contributed by atoms with Crippen molar-refractivity contribution in [3.8, 4) is 0 Å². The minimum Gasteiger partial charge on any atom is -0.466 e. The molecular weight excluding hydrogens is 392 g/mol. The van der Waals surface area contributed by atoms with Crippen molar-refractivity contribution in [2.45, 2.75) is 0 Å². The largest absolute Gasteiger partial charge is 0.466 e. The number of rotatable bonds is 5. The molecule has 0 bridgehead atoms. The Kier molecular flexibility index (Phi) is 6.58. The molecule has 10 nitrogen and oxygen atoms in total. The number of hydrogen-bond acceptors (Lipinski definition) is 9. The van der Waals surface area contributed by atoms with Crippen molar-refractivity contribution < 1.29 is 28.6 Å². The fourth-order valence-electron chi connectivity index (χ4n) is 3.54. The standard InChI is InChI=1S/C20H26N4O6/c1-22-6-8-23(9-7-22)15-5-4-13(18(21)25)10-16(15)24-12-30-11-14(19(26)28-2)17(24)20(27)29-3/h4-5,10H,6-9,11-12H2,1-3H3,(H2,21,25). The summed E-state index contributed by atoms with van der Waals surface area (Å²) >= 11 is 0. The van der Waals surface area contributed by atoms with Crippen molar-refractivity contribution in [3.05, 3.63) is 35.0 Å². The van der Waals surface area contributed by atoms with Gasteiger partial charge in [0, 0.05) is 31.7 Å². The van der Waals surface area contributed by atoms with Gasteiger partial charge in [0.15, 0.2) is 0 Å². The monoisotopic (exact) mass is 418 g/mol. The molecule has 1 amide bonds. The maximum absolute atomic E-state index is 12.6. The number of likely N-dealkylation sites (N-methyl/N-ethyl adjacent to an activating group) is 1. The Hall–Kier alpha value is -3.11. The summed E-state index contributed by atoms with van der Waals surface area (Å²) in [6, 6.07) is 5.04. The van der Waals surface area contributed by atoms with Gasteiger partial charge in [-0.15, -0.1) is 0 Å². The summed E-state index contributed by atoms with van der Waals surface area (Å²) in [7, 11) is 4.51. The first-order valence-electron chi connectivity index (χ1n) is 9.49. The molecule has 162 valence electrons. The molecule has 0 spiro atoms. The third-order valence-corrected chi connectivity index (χ3v) is 5.23. The van der Waals surface area contributed by atoms with Gasteiger partial charge in [0.25, 0.3) is 0 Å². The number of primary amides is 1. The number of carbonyl (C=O) groups excluding carboxylic acids is 3. The Balaban J connectivity index is 2.15. The van der Waals surface area contributed by atoms with Crippen LogP contribution in [0.1, 0.15) is 10.4 Å². The molecule has 1 aromatic rings. The van der Waals surface area contributed by atoms with Crippen LogP contribution in [0, 0.1) is 0 Å². The number of hydrogen-bond donors (Lipinski definition) is 1. The number of nitrogens with zero attached hydrogens (tertiary/aromatic N) is 3. The van der Waals surface area contributed by atoms with Gasteiger partial charge in [0.2, 0.25) is 5.91 Å². The highest BCUT2D eigenvalue weighted by molar-refractivity contribution is 6.04. The van der Waals surface area contributed by atoms with E-state index in [-0.39, 0.29) is 30.2 Å². The quantitative estimate of drug-likeness (QED) is 0.656. The summed E-state index contributed by atoms with van der Waals surface area (Å²) in [5, 5.41) is 0. The average molecular weight is 418 g/mol. The van der Waals surface area contributed by atoms with Crippen molar-refractivity contribution in [1.82, 2.24) is 4.90 Å². The number of piperazine rings is 1. The Bertz CT molecular complexity index is 876. The fourth-order valence-corrected chi connectivity index (χ4v) is 3.54. The van der Waals surface area contributed by atoms with Crippen LogP contribution in [0.15, 0.2) is 29.5 Å². The van der Waals surface area contributed by atoms with Crippen LogP contribution in [0.2, 0.25) is 0 Å². The van der Waals surface area contributed by atoms with Gasteiger partial charge < -0.3 is 34.6 Å². The van der Waals surface area contributed by atoms with Crippen LogP contribution in [-0.4, -0.2) is 83.5 Å². The first kappa shape index (κ1) is 21.6. The zero-order valence-corrected chi connectivity index (χ0v) is 17.3. The molecule has 2 aliphatic rings. The third-order valence-electron chi connectivity index (χ3n) is 5.23. The van der Waals surface area contributed by atoms with Gasteiger partial charge in [0.1, 0.15) is 12.4 Å². The molecule has 0 saturated carbocycles.